The van der Waals surface area contributed by atoms with Gasteiger partial charge in [-0.2, -0.15) is 0 Å². The minimum Gasteiger partial charge on any atom is -0.496 e. The van der Waals surface area contributed by atoms with Gasteiger partial charge in [-0.05, 0) is 18.6 Å². The molecule has 0 saturated heterocycles. The molecule has 16 heavy (non-hydrogen) atoms. The maximum Gasteiger partial charge on any atom is 0.209 e. The van der Waals surface area contributed by atoms with E-state index in [1.807, 2.05) is 19.1 Å². The molecule has 0 saturated carbocycles. The van der Waals surface area contributed by atoms with Crippen LogP contribution in [-0.2, 0) is 11.3 Å². The average Bonchev–Trinajstić information content (AvgIpc) is 2.29. The molecule has 0 bridgehead atoms. The smallest absolute Gasteiger partial charge is 0.209 e. The summed E-state index contributed by atoms with van der Waals surface area (Å²) in [6, 6.07) is 3.81. The Hall–Kier alpha value is -1.71. The Kier molecular flexibility index (Phi) is 4.17. The summed E-state index contributed by atoms with van der Waals surface area (Å²) in [7, 11) is 4.96. The van der Waals surface area contributed by atoms with Crippen LogP contribution in [0, 0.1) is 6.92 Å². The number of hydrogen-bond acceptors (Lipinski definition) is 3. The Morgan fingerprint density at radius 1 is 1.25 bits per heavy atom. The first-order chi connectivity index (χ1) is 7.62. The molecule has 0 fully saturated rings. The van der Waals surface area contributed by atoms with E-state index in [-0.39, 0.29) is 0 Å². The van der Waals surface area contributed by atoms with Crippen molar-refractivity contribution in [2.24, 2.45) is 0 Å². The molecule has 0 aromatic heterocycles. The molecule has 4 nitrogen and oxygen atoms in total. The predicted molar refractivity (Wildman–Crippen MR) is 61.8 cm³/mol. The molecule has 1 aromatic rings. The van der Waals surface area contributed by atoms with Crippen LogP contribution in [0.3, 0.4) is 0 Å². The van der Waals surface area contributed by atoms with E-state index in [0.717, 1.165) is 29.0 Å². The number of methoxy groups -OCH3 is 2. The highest BCUT2D eigenvalue weighted by Gasteiger charge is 2.09. The number of amides is 1. The van der Waals surface area contributed by atoms with E-state index in [1.54, 1.807) is 26.2 Å². The quantitative estimate of drug-likeness (QED) is 0.712. The number of benzene rings is 1. The zero-order valence-corrected chi connectivity index (χ0v) is 10.1. The highest BCUT2D eigenvalue weighted by atomic mass is 16.5. The maximum absolute atomic E-state index is 10.6. The van der Waals surface area contributed by atoms with Gasteiger partial charge in [-0.1, -0.05) is 0 Å². The molecule has 0 aliphatic heterocycles. The molecule has 1 aromatic carbocycles. The van der Waals surface area contributed by atoms with Gasteiger partial charge in [0.25, 0.3) is 0 Å². The molecule has 1 rings (SSSR count). The van der Waals surface area contributed by atoms with Crippen LogP contribution in [-0.4, -0.2) is 32.6 Å². The second-order valence-corrected chi connectivity index (χ2v) is 3.65. The van der Waals surface area contributed by atoms with Crippen LogP contribution in [0.5, 0.6) is 11.5 Å². The van der Waals surface area contributed by atoms with Crippen LogP contribution < -0.4 is 9.47 Å². The Labute approximate surface area is 95.8 Å². The van der Waals surface area contributed by atoms with E-state index >= 15 is 0 Å². The number of rotatable bonds is 5. The summed E-state index contributed by atoms with van der Waals surface area (Å²) in [6.07, 6.45) is 0.791. The number of hydrogen-bond donors (Lipinski definition) is 0. The van der Waals surface area contributed by atoms with Crippen molar-refractivity contribution in [2.75, 3.05) is 21.3 Å². The van der Waals surface area contributed by atoms with Crippen molar-refractivity contribution in [2.45, 2.75) is 13.5 Å². The topological polar surface area (TPSA) is 38.8 Å². The van der Waals surface area contributed by atoms with Crippen LogP contribution >= 0.6 is 0 Å². The van der Waals surface area contributed by atoms with Gasteiger partial charge in [-0.15, -0.1) is 0 Å². The van der Waals surface area contributed by atoms with Gasteiger partial charge in [0.05, 0.1) is 14.2 Å². The molecular formula is C12H17NO3. The molecular weight excluding hydrogens is 206 g/mol. The van der Waals surface area contributed by atoms with Gasteiger partial charge in [0.1, 0.15) is 11.5 Å². The summed E-state index contributed by atoms with van der Waals surface area (Å²) in [6.45, 7) is 2.49. The zero-order valence-electron chi connectivity index (χ0n) is 10.1. The second kappa shape index (κ2) is 5.39. The lowest BCUT2D eigenvalue weighted by molar-refractivity contribution is -0.117. The molecule has 0 aliphatic rings. The molecule has 0 radical (unpaired) electrons. The molecule has 0 N–H and O–H groups in total. The molecule has 88 valence electrons. The van der Waals surface area contributed by atoms with Gasteiger partial charge >= 0.3 is 0 Å². The third-order valence-corrected chi connectivity index (χ3v) is 2.40. The molecule has 0 aliphatic carbocycles. The summed E-state index contributed by atoms with van der Waals surface area (Å²) < 4.78 is 10.5. The number of carbonyl (C=O) groups excluding carboxylic acids is 1. The average molecular weight is 223 g/mol. The van der Waals surface area contributed by atoms with Gasteiger partial charge in [0.15, 0.2) is 0 Å². The second-order valence-electron chi connectivity index (χ2n) is 3.65. The fourth-order valence-electron chi connectivity index (χ4n) is 1.57. The Bertz CT molecular complexity index is 377. The zero-order chi connectivity index (χ0) is 12.1. The van der Waals surface area contributed by atoms with Gasteiger partial charge in [0, 0.05) is 25.2 Å². The lowest BCUT2D eigenvalue weighted by atomic mass is 10.1. The summed E-state index contributed by atoms with van der Waals surface area (Å²) >= 11 is 0. The third kappa shape index (κ3) is 2.66. The molecule has 0 unspecified atom stereocenters. The highest BCUT2D eigenvalue weighted by molar-refractivity contribution is 5.50. The van der Waals surface area contributed by atoms with Crippen LogP contribution in [0.25, 0.3) is 0 Å². The molecule has 0 spiro atoms. The van der Waals surface area contributed by atoms with Gasteiger partial charge < -0.3 is 14.4 Å². The maximum atomic E-state index is 10.6. The van der Waals surface area contributed by atoms with Crippen molar-refractivity contribution in [3.63, 3.8) is 0 Å². The van der Waals surface area contributed by atoms with Gasteiger partial charge in [-0.3, -0.25) is 4.79 Å². The van der Waals surface area contributed by atoms with Gasteiger partial charge in [0.2, 0.25) is 6.41 Å². The summed E-state index contributed by atoms with van der Waals surface area (Å²) in [5.74, 6) is 1.52. The lowest BCUT2D eigenvalue weighted by Crippen LogP contribution is -2.15. The standard InChI is InChI=1S/C12H17NO3/c1-9-5-10(7-13(2)8-14)12(16-4)6-11(9)15-3/h5-6,8H,7H2,1-4H3. The van der Waals surface area contributed by atoms with Crippen molar-refractivity contribution < 1.29 is 14.3 Å². The summed E-state index contributed by atoms with van der Waals surface area (Å²) in [5, 5.41) is 0. The Balaban J connectivity index is 3.07. The lowest BCUT2D eigenvalue weighted by Gasteiger charge is -2.16. The Morgan fingerprint density at radius 3 is 2.38 bits per heavy atom. The predicted octanol–water partition coefficient (Wildman–Crippen LogP) is 1.60. The van der Waals surface area contributed by atoms with E-state index in [4.69, 9.17) is 9.47 Å². The number of nitrogens with zero attached hydrogens (tertiary/aromatic N) is 1. The SMILES string of the molecule is COc1cc(OC)c(CN(C)C=O)cc1C. The fraction of sp³-hybridized carbons (Fsp3) is 0.417. The van der Waals surface area contributed by atoms with Crippen molar-refractivity contribution in [3.8, 4) is 11.5 Å². The van der Waals surface area contributed by atoms with Crippen molar-refractivity contribution in [1.82, 2.24) is 4.90 Å². The summed E-state index contributed by atoms with van der Waals surface area (Å²) in [5.41, 5.74) is 1.99. The first-order valence-corrected chi connectivity index (χ1v) is 4.99. The van der Waals surface area contributed by atoms with Crippen LogP contribution in [0.4, 0.5) is 0 Å². The molecule has 4 heteroatoms. The van der Waals surface area contributed by atoms with E-state index in [2.05, 4.69) is 0 Å². The van der Waals surface area contributed by atoms with E-state index in [0.29, 0.717) is 6.54 Å². The van der Waals surface area contributed by atoms with E-state index < -0.39 is 0 Å². The minimum atomic E-state index is 0.525. The Morgan fingerprint density at radius 2 is 1.88 bits per heavy atom. The normalized spacial score (nSPS) is 9.75. The minimum absolute atomic E-state index is 0.525. The van der Waals surface area contributed by atoms with Gasteiger partial charge in [-0.25, -0.2) is 0 Å². The van der Waals surface area contributed by atoms with Crippen molar-refractivity contribution in [1.29, 1.82) is 0 Å². The van der Waals surface area contributed by atoms with Crippen LogP contribution in [0.1, 0.15) is 11.1 Å². The molecule has 0 heterocycles. The van der Waals surface area contributed by atoms with Crippen LogP contribution in [0.15, 0.2) is 12.1 Å². The fourth-order valence-corrected chi connectivity index (χ4v) is 1.57. The number of ether oxygens (including phenoxy) is 2. The monoisotopic (exact) mass is 223 g/mol. The summed E-state index contributed by atoms with van der Waals surface area (Å²) in [4.78, 5) is 12.1. The van der Waals surface area contributed by atoms with E-state index in [1.165, 1.54) is 0 Å². The molecule has 0 atom stereocenters. The van der Waals surface area contributed by atoms with Crippen LogP contribution in [0.2, 0.25) is 0 Å². The highest BCUT2D eigenvalue weighted by Crippen LogP contribution is 2.29. The number of aryl methyl sites for hydroxylation is 1. The largest absolute Gasteiger partial charge is 0.496 e. The van der Waals surface area contributed by atoms with Crippen molar-refractivity contribution >= 4 is 6.41 Å². The first kappa shape index (κ1) is 12.4. The third-order valence-electron chi connectivity index (χ3n) is 2.40. The number of carbonyl (C=O) groups is 1. The molecule has 1 amide bonds. The van der Waals surface area contributed by atoms with E-state index in [9.17, 15) is 4.79 Å². The van der Waals surface area contributed by atoms with Crippen molar-refractivity contribution in [3.05, 3.63) is 23.3 Å². The first-order valence-electron chi connectivity index (χ1n) is 4.99.